The molecule has 0 N–H and O–H groups in total. The molecule has 2 heterocycles. The largest absolute Gasteiger partial charge is 0.497 e. The number of rotatable bonds is 5. The number of imide groups is 1. The van der Waals surface area contributed by atoms with E-state index >= 15 is 0 Å². The van der Waals surface area contributed by atoms with Crippen LogP contribution in [0.25, 0.3) is 11.8 Å². The molecule has 0 aliphatic carbocycles. The Hall–Kier alpha value is -3.32. The summed E-state index contributed by atoms with van der Waals surface area (Å²) >= 11 is 0.904. The minimum absolute atomic E-state index is 0.113. The molecule has 3 aromatic rings. The van der Waals surface area contributed by atoms with Crippen LogP contribution in [0.5, 0.6) is 5.75 Å². The second kappa shape index (κ2) is 7.97. The maximum atomic E-state index is 13.1. The van der Waals surface area contributed by atoms with Gasteiger partial charge >= 0.3 is 0 Å². The van der Waals surface area contributed by atoms with Crippen LogP contribution in [-0.4, -0.2) is 27.7 Å². The number of carbonyl (C=O) groups excluding carboxylic acids is 2. The zero-order chi connectivity index (χ0) is 20.4. The fourth-order valence-electron chi connectivity index (χ4n) is 3.03. The number of aromatic nitrogens is 1. The van der Waals surface area contributed by atoms with Crippen LogP contribution in [0.3, 0.4) is 0 Å². The van der Waals surface area contributed by atoms with E-state index < -0.39 is 0 Å². The van der Waals surface area contributed by atoms with Gasteiger partial charge < -0.3 is 9.30 Å². The van der Waals surface area contributed by atoms with E-state index in [9.17, 15) is 14.0 Å². The minimum atomic E-state index is -0.359. The standard InChI is InChI=1S/C22H17FN2O3S/c1-28-19-10-8-17(9-11-19)24-12-2-3-18(24)13-20-21(26)25(22(27)29-20)14-15-4-6-16(23)7-5-15/h2-13H,14H2,1H3/b20-13-. The molecule has 1 saturated heterocycles. The van der Waals surface area contributed by atoms with E-state index in [0.29, 0.717) is 10.5 Å². The molecule has 5 nitrogen and oxygen atoms in total. The first-order chi connectivity index (χ1) is 14.0. The van der Waals surface area contributed by atoms with E-state index in [-0.39, 0.29) is 23.5 Å². The summed E-state index contributed by atoms with van der Waals surface area (Å²) < 4.78 is 20.2. The van der Waals surface area contributed by atoms with Crippen molar-refractivity contribution in [2.45, 2.75) is 6.54 Å². The van der Waals surface area contributed by atoms with Crippen molar-refractivity contribution in [1.82, 2.24) is 9.47 Å². The molecule has 2 aromatic carbocycles. The Kier molecular flexibility index (Phi) is 5.22. The van der Waals surface area contributed by atoms with Crippen molar-refractivity contribution in [3.63, 3.8) is 0 Å². The highest BCUT2D eigenvalue weighted by atomic mass is 32.2. The van der Waals surface area contributed by atoms with Gasteiger partial charge in [-0.15, -0.1) is 0 Å². The SMILES string of the molecule is COc1ccc(-n2cccc2/C=C2\SC(=O)N(Cc3ccc(F)cc3)C2=O)cc1. The van der Waals surface area contributed by atoms with Gasteiger partial charge in [0.05, 0.1) is 18.6 Å². The summed E-state index contributed by atoms with van der Waals surface area (Å²) in [6.07, 6.45) is 3.59. The summed E-state index contributed by atoms with van der Waals surface area (Å²) in [5.74, 6) is 0.0400. The van der Waals surface area contributed by atoms with Crippen LogP contribution < -0.4 is 4.74 Å². The van der Waals surface area contributed by atoms with E-state index in [1.807, 2.05) is 47.2 Å². The third kappa shape index (κ3) is 3.95. The fourth-order valence-corrected chi connectivity index (χ4v) is 3.86. The fraction of sp³-hybridized carbons (Fsp3) is 0.0909. The first-order valence-corrected chi connectivity index (χ1v) is 9.68. The Labute approximate surface area is 171 Å². The molecule has 29 heavy (non-hydrogen) atoms. The van der Waals surface area contributed by atoms with Crippen molar-refractivity contribution in [2.75, 3.05) is 7.11 Å². The first-order valence-electron chi connectivity index (χ1n) is 8.87. The van der Waals surface area contributed by atoms with Crippen molar-refractivity contribution < 1.29 is 18.7 Å². The highest BCUT2D eigenvalue weighted by Gasteiger charge is 2.35. The van der Waals surface area contributed by atoms with Gasteiger partial charge in [-0.2, -0.15) is 0 Å². The molecule has 0 atom stereocenters. The topological polar surface area (TPSA) is 51.5 Å². The Balaban J connectivity index is 1.57. The van der Waals surface area contributed by atoms with E-state index in [1.54, 1.807) is 25.3 Å². The van der Waals surface area contributed by atoms with Crippen LogP contribution in [0.4, 0.5) is 9.18 Å². The molecule has 0 saturated carbocycles. The number of ether oxygens (including phenoxy) is 1. The molecule has 0 radical (unpaired) electrons. The lowest BCUT2D eigenvalue weighted by Gasteiger charge is -2.12. The summed E-state index contributed by atoms with van der Waals surface area (Å²) in [4.78, 5) is 26.6. The molecular formula is C22H17FN2O3S. The number of nitrogens with zero attached hydrogens (tertiary/aromatic N) is 2. The Morgan fingerprint density at radius 2 is 1.76 bits per heavy atom. The van der Waals surface area contributed by atoms with Crippen molar-refractivity contribution in [3.05, 3.63) is 88.8 Å². The van der Waals surface area contributed by atoms with Crippen LogP contribution in [0.1, 0.15) is 11.3 Å². The first kappa shape index (κ1) is 19.0. The molecule has 1 fully saturated rings. The van der Waals surface area contributed by atoms with E-state index in [2.05, 4.69) is 0 Å². The van der Waals surface area contributed by atoms with Crippen molar-refractivity contribution >= 4 is 29.0 Å². The summed E-state index contributed by atoms with van der Waals surface area (Å²) in [6, 6.07) is 17.0. The quantitative estimate of drug-likeness (QED) is 0.566. The summed E-state index contributed by atoms with van der Waals surface area (Å²) in [7, 11) is 1.61. The van der Waals surface area contributed by atoms with Gasteiger partial charge in [0.15, 0.2) is 0 Å². The van der Waals surface area contributed by atoms with Crippen LogP contribution in [0.15, 0.2) is 71.8 Å². The Bertz CT molecular complexity index is 1090. The van der Waals surface area contributed by atoms with Gasteiger partial charge in [-0.05, 0) is 71.9 Å². The Morgan fingerprint density at radius 3 is 2.45 bits per heavy atom. The molecule has 4 rings (SSSR count). The second-order valence-electron chi connectivity index (χ2n) is 6.40. The third-order valence-electron chi connectivity index (χ3n) is 4.54. The van der Waals surface area contributed by atoms with Gasteiger partial charge in [-0.3, -0.25) is 14.5 Å². The minimum Gasteiger partial charge on any atom is -0.497 e. The van der Waals surface area contributed by atoms with Gasteiger partial charge in [0.25, 0.3) is 11.1 Å². The highest BCUT2D eigenvalue weighted by Crippen LogP contribution is 2.33. The van der Waals surface area contributed by atoms with Crippen LogP contribution in [0, 0.1) is 5.82 Å². The van der Waals surface area contributed by atoms with Crippen molar-refractivity contribution in [3.8, 4) is 11.4 Å². The summed E-state index contributed by atoms with van der Waals surface area (Å²) in [6.45, 7) is 0.113. The number of thioether (sulfide) groups is 1. The van der Waals surface area contributed by atoms with E-state index in [1.165, 1.54) is 17.0 Å². The molecule has 7 heteroatoms. The zero-order valence-corrected chi connectivity index (χ0v) is 16.4. The van der Waals surface area contributed by atoms with Crippen molar-refractivity contribution in [1.29, 1.82) is 0 Å². The average Bonchev–Trinajstić information content (AvgIpc) is 3.30. The monoisotopic (exact) mass is 408 g/mol. The second-order valence-corrected chi connectivity index (χ2v) is 7.39. The van der Waals surface area contributed by atoms with Crippen molar-refractivity contribution in [2.24, 2.45) is 0 Å². The number of carbonyl (C=O) groups is 2. The predicted molar refractivity (Wildman–Crippen MR) is 110 cm³/mol. The number of hydrogen-bond donors (Lipinski definition) is 0. The van der Waals surface area contributed by atoms with Crippen LogP contribution in [0.2, 0.25) is 0 Å². The van der Waals surface area contributed by atoms with Gasteiger partial charge in [0.2, 0.25) is 0 Å². The van der Waals surface area contributed by atoms with Crippen LogP contribution in [-0.2, 0) is 11.3 Å². The van der Waals surface area contributed by atoms with Gasteiger partial charge in [0.1, 0.15) is 11.6 Å². The van der Waals surface area contributed by atoms with Crippen LogP contribution >= 0.6 is 11.8 Å². The average molecular weight is 408 g/mol. The molecule has 0 unspecified atom stereocenters. The zero-order valence-electron chi connectivity index (χ0n) is 15.5. The van der Waals surface area contributed by atoms with Gasteiger partial charge in [-0.1, -0.05) is 12.1 Å². The molecule has 146 valence electrons. The third-order valence-corrected chi connectivity index (χ3v) is 5.44. The molecule has 1 aliphatic heterocycles. The summed E-state index contributed by atoms with van der Waals surface area (Å²) in [5.41, 5.74) is 2.38. The number of benzene rings is 2. The molecule has 1 aliphatic rings. The Morgan fingerprint density at radius 1 is 1.03 bits per heavy atom. The number of hydrogen-bond acceptors (Lipinski definition) is 4. The maximum absolute atomic E-state index is 13.1. The van der Waals surface area contributed by atoms with E-state index in [4.69, 9.17) is 4.74 Å². The lowest BCUT2D eigenvalue weighted by Crippen LogP contribution is -2.27. The lowest BCUT2D eigenvalue weighted by molar-refractivity contribution is -0.123. The normalized spacial score (nSPS) is 15.4. The van der Waals surface area contributed by atoms with Gasteiger partial charge in [-0.25, -0.2) is 4.39 Å². The molecule has 1 aromatic heterocycles. The number of methoxy groups -OCH3 is 1. The number of halogens is 1. The molecular weight excluding hydrogens is 391 g/mol. The smallest absolute Gasteiger partial charge is 0.293 e. The van der Waals surface area contributed by atoms with E-state index in [0.717, 1.165) is 28.9 Å². The van der Waals surface area contributed by atoms with Gasteiger partial charge in [0, 0.05) is 17.6 Å². The lowest BCUT2D eigenvalue weighted by atomic mass is 10.2. The number of amides is 2. The highest BCUT2D eigenvalue weighted by molar-refractivity contribution is 8.18. The maximum Gasteiger partial charge on any atom is 0.293 e. The molecule has 2 amide bonds. The predicted octanol–water partition coefficient (Wildman–Crippen LogP) is 4.86. The molecule has 0 spiro atoms. The summed E-state index contributed by atoms with van der Waals surface area (Å²) in [5, 5.41) is -0.340. The molecule has 0 bridgehead atoms.